The van der Waals surface area contributed by atoms with Gasteiger partial charge in [-0.1, -0.05) is 48.0 Å². The molecular weight excluding hydrogens is 378 g/mol. The van der Waals surface area contributed by atoms with E-state index in [0.717, 1.165) is 24.1 Å². The van der Waals surface area contributed by atoms with Crippen LogP contribution in [0.15, 0.2) is 59.4 Å². The van der Waals surface area contributed by atoms with Gasteiger partial charge < -0.3 is 10.2 Å². The van der Waals surface area contributed by atoms with E-state index in [1.54, 1.807) is 0 Å². The van der Waals surface area contributed by atoms with Crippen molar-refractivity contribution < 1.29 is 4.79 Å². The average Bonchev–Trinajstić information content (AvgIpc) is 3.19. The van der Waals surface area contributed by atoms with Crippen LogP contribution >= 0.6 is 0 Å². The van der Waals surface area contributed by atoms with E-state index in [-0.39, 0.29) is 11.7 Å². The monoisotopic (exact) mass is 403 g/mol. The van der Waals surface area contributed by atoms with Crippen LogP contribution in [0.4, 0.5) is 11.6 Å². The molecule has 0 bridgehead atoms. The van der Waals surface area contributed by atoms with Crippen molar-refractivity contribution in [2.45, 2.75) is 39.3 Å². The SMILES string of the molecule is Cc1ccc(N2CCn3c2nnc(C(=O)N[C@@H](C)CCc2ccccc2)c3=O)cc1. The molecule has 0 saturated heterocycles. The maximum absolute atomic E-state index is 12.9. The van der Waals surface area contributed by atoms with E-state index in [2.05, 4.69) is 27.6 Å². The highest BCUT2D eigenvalue weighted by molar-refractivity contribution is 5.92. The molecule has 30 heavy (non-hydrogen) atoms. The highest BCUT2D eigenvalue weighted by Gasteiger charge is 2.27. The number of hydrogen-bond donors (Lipinski definition) is 1. The zero-order chi connectivity index (χ0) is 21.1. The molecule has 7 heteroatoms. The molecular formula is C23H25N5O2. The summed E-state index contributed by atoms with van der Waals surface area (Å²) in [6.07, 6.45) is 1.62. The third kappa shape index (κ3) is 4.10. The summed E-state index contributed by atoms with van der Waals surface area (Å²) >= 11 is 0. The molecule has 4 rings (SSSR count). The van der Waals surface area contributed by atoms with Crippen LogP contribution in [0.3, 0.4) is 0 Å². The van der Waals surface area contributed by atoms with Crippen molar-refractivity contribution in [1.29, 1.82) is 0 Å². The first-order valence-corrected chi connectivity index (χ1v) is 10.2. The van der Waals surface area contributed by atoms with Gasteiger partial charge >= 0.3 is 0 Å². The molecule has 0 unspecified atom stereocenters. The van der Waals surface area contributed by atoms with Gasteiger partial charge in [0.1, 0.15) is 0 Å². The van der Waals surface area contributed by atoms with Gasteiger partial charge in [-0.05, 0) is 44.4 Å². The lowest BCUT2D eigenvalue weighted by Gasteiger charge is -2.17. The summed E-state index contributed by atoms with van der Waals surface area (Å²) in [6.45, 7) is 5.04. The summed E-state index contributed by atoms with van der Waals surface area (Å²) in [5, 5.41) is 11.1. The molecule has 1 amide bonds. The highest BCUT2D eigenvalue weighted by atomic mass is 16.2. The van der Waals surface area contributed by atoms with E-state index in [9.17, 15) is 9.59 Å². The van der Waals surface area contributed by atoms with Crippen molar-refractivity contribution in [3.63, 3.8) is 0 Å². The van der Waals surface area contributed by atoms with Crippen molar-refractivity contribution in [2.75, 3.05) is 11.4 Å². The van der Waals surface area contributed by atoms with Crippen molar-refractivity contribution in [2.24, 2.45) is 0 Å². The lowest BCUT2D eigenvalue weighted by atomic mass is 10.1. The van der Waals surface area contributed by atoms with Gasteiger partial charge in [0.15, 0.2) is 0 Å². The molecule has 2 heterocycles. The molecule has 1 aliphatic heterocycles. The van der Waals surface area contributed by atoms with Crippen molar-refractivity contribution in [1.82, 2.24) is 20.1 Å². The number of fused-ring (bicyclic) bond motifs is 1. The standard InChI is InChI=1S/C23H25N5O2/c1-16-8-12-19(13-9-16)27-14-15-28-22(30)20(25-26-23(27)28)21(29)24-17(2)10-11-18-6-4-3-5-7-18/h3-9,12-13,17H,10-11,14-15H2,1-2H3,(H,24,29)/t17-/m0/s1. The van der Waals surface area contributed by atoms with E-state index in [1.807, 2.05) is 61.2 Å². The van der Waals surface area contributed by atoms with Gasteiger partial charge in [-0.25, -0.2) is 0 Å². The van der Waals surface area contributed by atoms with Crippen LogP contribution in [0.2, 0.25) is 0 Å². The summed E-state index contributed by atoms with van der Waals surface area (Å²) < 4.78 is 1.52. The maximum Gasteiger partial charge on any atom is 0.286 e. The van der Waals surface area contributed by atoms with Gasteiger partial charge in [0.25, 0.3) is 11.5 Å². The van der Waals surface area contributed by atoms with E-state index in [0.29, 0.717) is 19.0 Å². The smallest absolute Gasteiger partial charge is 0.286 e. The van der Waals surface area contributed by atoms with Crippen LogP contribution in [0, 0.1) is 6.92 Å². The number of aryl methyl sites for hydroxylation is 2. The molecule has 1 aromatic heterocycles. The Balaban J connectivity index is 1.46. The van der Waals surface area contributed by atoms with E-state index < -0.39 is 11.5 Å². The fraction of sp³-hybridized carbons (Fsp3) is 0.304. The Kier molecular flexibility index (Phi) is 5.61. The Morgan fingerprint density at radius 1 is 1.07 bits per heavy atom. The first kappa shape index (κ1) is 19.8. The highest BCUT2D eigenvalue weighted by Crippen LogP contribution is 2.26. The number of rotatable bonds is 6. The molecule has 3 aromatic rings. The van der Waals surface area contributed by atoms with Gasteiger partial charge in [-0.15, -0.1) is 10.2 Å². The first-order chi connectivity index (χ1) is 14.5. The number of benzene rings is 2. The Bertz CT molecular complexity index is 1090. The normalized spacial score (nSPS) is 13.7. The number of carbonyl (C=O) groups excluding carboxylic acids is 1. The predicted octanol–water partition coefficient (Wildman–Crippen LogP) is 2.85. The van der Waals surface area contributed by atoms with Gasteiger partial charge in [-0.2, -0.15) is 0 Å². The van der Waals surface area contributed by atoms with Crippen molar-refractivity contribution in [3.8, 4) is 0 Å². The summed E-state index contributed by atoms with van der Waals surface area (Å²) in [7, 11) is 0. The second kappa shape index (κ2) is 8.49. The third-order valence-electron chi connectivity index (χ3n) is 5.36. The topological polar surface area (TPSA) is 80.1 Å². The number of anilines is 2. The summed E-state index contributed by atoms with van der Waals surface area (Å²) in [5.41, 5.74) is 2.77. The molecule has 1 N–H and O–H groups in total. The molecule has 7 nitrogen and oxygen atoms in total. The lowest BCUT2D eigenvalue weighted by molar-refractivity contribution is 0.0930. The molecule has 1 atom stereocenters. The largest absolute Gasteiger partial charge is 0.348 e. The number of aromatic nitrogens is 3. The molecule has 0 fully saturated rings. The molecule has 0 aliphatic carbocycles. The first-order valence-electron chi connectivity index (χ1n) is 10.2. The fourth-order valence-electron chi connectivity index (χ4n) is 3.62. The second-order valence-corrected chi connectivity index (χ2v) is 7.69. The molecule has 0 spiro atoms. The zero-order valence-corrected chi connectivity index (χ0v) is 17.2. The number of nitrogens with zero attached hydrogens (tertiary/aromatic N) is 4. The number of amides is 1. The van der Waals surface area contributed by atoms with Gasteiger partial charge in [0.2, 0.25) is 11.6 Å². The van der Waals surface area contributed by atoms with Gasteiger partial charge in [-0.3, -0.25) is 14.2 Å². The van der Waals surface area contributed by atoms with Crippen LogP contribution in [0.1, 0.15) is 35.0 Å². The predicted molar refractivity (Wildman–Crippen MR) is 116 cm³/mol. The quantitative estimate of drug-likeness (QED) is 0.685. The van der Waals surface area contributed by atoms with Gasteiger partial charge in [0, 0.05) is 24.8 Å². The minimum atomic E-state index is -0.475. The van der Waals surface area contributed by atoms with E-state index in [1.165, 1.54) is 10.1 Å². The average molecular weight is 403 g/mol. The van der Waals surface area contributed by atoms with Gasteiger partial charge in [0.05, 0.1) is 0 Å². The number of carbonyl (C=O) groups is 1. The number of nitrogens with one attached hydrogen (secondary N) is 1. The summed E-state index contributed by atoms with van der Waals surface area (Å²) in [5.74, 6) is -0.00493. The Hall–Kier alpha value is -3.48. The summed E-state index contributed by atoms with van der Waals surface area (Å²) in [6, 6.07) is 18.0. The van der Waals surface area contributed by atoms with Crippen LogP contribution in [-0.2, 0) is 13.0 Å². The van der Waals surface area contributed by atoms with Crippen molar-refractivity contribution in [3.05, 3.63) is 81.8 Å². The minimum Gasteiger partial charge on any atom is -0.348 e. The second-order valence-electron chi connectivity index (χ2n) is 7.69. The maximum atomic E-state index is 12.9. The fourth-order valence-corrected chi connectivity index (χ4v) is 3.62. The van der Waals surface area contributed by atoms with Crippen molar-refractivity contribution >= 4 is 17.5 Å². The molecule has 154 valence electrons. The van der Waals surface area contributed by atoms with Crippen LogP contribution in [0.25, 0.3) is 0 Å². The molecule has 2 aromatic carbocycles. The molecule has 0 radical (unpaired) electrons. The Morgan fingerprint density at radius 2 is 1.80 bits per heavy atom. The third-order valence-corrected chi connectivity index (χ3v) is 5.36. The molecule has 1 aliphatic rings. The van der Waals surface area contributed by atoms with E-state index >= 15 is 0 Å². The van der Waals surface area contributed by atoms with Crippen LogP contribution in [0.5, 0.6) is 0 Å². The Morgan fingerprint density at radius 3 is 2.53 bits per heavy atom. The number of hydrogen-bond acceptors (Lipinski definition) is 5. The van der Waals surface area contributed by atoms with Crippen LogP contribution < -0.4 is 15.8 Å². The van der Waals surface area contributed by atoms with E-state index in [4.69, 9.17) is 0 Å². The summed E-state index contributed by atoms with van der Waals surface area (Å²) in [4.78, 5) is 27.4. The minimum absolute atomic E-state index is 0.0822. The Labute approximate surface area is 175 Å². The molecule has 0 saturated carbocycles. The van der Waals surface area contributed by atoms with Crippen LogP contribution in [-0.4, -0.2) is 33.3 Å². The lowest BCUT2D eigenvalue weighted by Crippen LogP contribution is -2.39. The zero-order valence-electron chi connectivity index (χ0n) is 17.2.